The number of Topliss-reactive ketones (excluding diaryl/α,β-unsaturated/α-hetero) is 1. The second-order valence-electron chi connectivity index (χ2n) is 4.13. The van der Waals surface area contributed by atoms with Crippen LogP contribution < -0.4 is 0 Å². The molecule has 1 nitrogen and oxygen atoms in total. The van der Waals surface area contributed by atoms with Gasteiger partial charge >= 0.3 is 0 Å². The summed E-state index contributed by atoms with van der Waals surface area (Å²) < 4.78 is 0. The summed E-state index contributed by atoms with van der Waals surface area (Å²) in [4.78, 5) is 11.9. The second kappa shape index (κ2) is 4.92. The van der Waals surface area contributed by atoms with Crippen molar-refractivity contribution in [1.29, 1.82) is 0 Å². The topological polar surface area (TPSA) is 17.1 Å². The summed E-state index contributed by atoms with van der Waals surface area (Å²) in [6, 6.07) is 5.88. The molecule has 0 aromatic heterocycles. The molecule has 80 valence electrons. The van der Waals surface area contributed by atoms with Gasteiger partial charge in [-0.15, -0.1) is 6.58 Å². The van der Waals surface area contributed by atoms with Gasteiger partial charge in [-0.1, -0.05) is 23.8 Å². The first-order chi connectivity index (χ1) is 7.02. The Morgan fingerprint density at radius 3 is 2.53 bits per heavy atom. The van der Waals surface area contributed by atoms with E-state index in [0.29, 0.717) is 6.42 Å². The molecule has 0 aliphatic heterocycles. The number of hydrogen-bond acceptors (Lipinski definition) is 1. The van der Waals surface area contributed by atoms with Crippen LogP contribution in [-0.2, 0) is 0 Å². The van der Waals surface area contributed by atoms with Crippen molar-refractivity contribution < 1.29 is 4.79 Å². The maximum Gasteiger partial charge on any atom is 0.163 e. The number of allylic oxidation sites excluding steroid dienone is 1. The highest BCUT2D eigenvalue weighted by molar-refractivity contribution is 5.97. The van der Waals surface area contributed by atoms with Crippen molar-refractivity contribution in [1.82, 2.24) is 0 Å². The van der Waals surface area contributed by atoms with Crippen LogP contribution >= 0.6 is 0 Å². The van der Waals surface area contributed by atoms with Gasteiger partial charge in [-0.05, 0) is 38.3 Å². The van der Waals surface area contributed by atoms with Crippen LogP contribution in [0.4, 0.5) is 0 Å². The van der Waals surface area contributed by atoms with E-state index >= 15 is 0 Å². The summed E-state index contributed by atoms with van der Waals surface area (Å²) in [6.45, 7) is 9.80. The van der Waals surface area contributed by atoms with Crippen molar-refractivity contribution in [2.24, 2.45) is 0 Å². The fourth-order valence-corrected chi connectivity index (χ4v) is 1.51. The number of aryl methyl sites for hydroxylation is 1. The molecule has 0 aliphatic rings. The molecule has 15 heavy (non-hydrogen) atoms. The van der Waals surface area contributed by atoms with E-state index in [9.17, 15) is 4.79 Å². The molecule has 0 spiro atoms. The summed E-state index contributed by atoms with van der Waals surface area (Å²) in [6.07, 6.45) is 1.35. The highest BCUT2D eigenvalue weighted by Gasteiger charge is 2.09. The van der Waals surface area contributed by atoms with Gasteiger partial charge < -0.3 is 0 Å². The third kappa shape index (κ3) is 3.05. The molecule has 1 rings (SSSR count). The third-order valence-corrected chi connectivity index (χ3v) is 2.68. The predicted molar refractivity (Wildman–Crippen MR) is 64.3 cm³/mol. The van der Waals surface area contributed by atoms with Crippen LogP contribution in [0.5, 0.6) is 0 Å². The largest absolute Gasteiger partial charge is 0.294 e. The van der Waals surface area contributed by atoms with Crippen LogP contribution in [0, 0.1) is 13.8 Å². The molecule has 0 fully saturated rings. The maximum atomic E-state index is 11.9. The Labute approximate surface area is 91.8 Å². The summed E-state index contributed by atoms with van der Waals surface area (Å²) in [5.41, 5.74) is 4.20. The fraction of sp³-hybridized carbons (Fsp3) is 0.357. The average molecular weight is 202 g/mol. The van der Waals surface area contributed by atoms with Gasteiger partial charge in [0.2, 0.25) is 0 Å². The Morgan fingerprint density at radius 1 is 1.27 bits per heavy atom. The first-order valence-corrected chi connectivity index (χ1v) is 5.26. The fourth-order valence-electron chi connectivity index (χ4n) is 1.51. The van der Waals surface area contributed by atoms with Crippen LogP contribution in [0.3, 0.4) is 0 Å². The smallest absolute Gasteiger partial charge is 0.163 e. The monoisotopic (exact) mass is 202 g/mol. The molecule has 1 heteroatoms. The molecule has 1 aromatic rings. The highest BCUT2D eigenvalue weighted by atomic mass is 16.1. The first kappa shape index (κ1) is 11.7. The predicted octanol–water partition coefficient (Wildman–Crippen LogP) is 3.84. The van der Waals surface area contributed by atoms with Gasteiger partial charge in [0.25, 0.3) is 0 Å². The number of hydrogen-bond donors (Lipinski definition) is 0. The molecule has 0 aliphatic carbocycles. The Hall–Kier alpha value is -1.37. The Kier molecular flexibility index (Phi) is 3.84. The van der Waals surface area contributed by atoms with E-state index in [-0.39, 0.29) is 5.78 Å². The maximum absolute atomic E-state index is 11.9. The molecule has 0 heterocycles. The van der Waals surface area contributed by atoms with Gasteiger partial charge in [0.1, 0.15) is 0 Å². The Morgan fingerprint density at radius 2 is 1.93 bits per heavy atom. The zero-order chi connectivity index (χ0) is 11.4. The van der Waals surface area contributed by atoms with Crippen molar-refractivity contribution in [2.45, 2.75) is 33.6 Å². The molecule has 0 amide bonds. The van der Waals surface area contributed by atoms with Crippen molar-refractivity contribution >= 4 is 5.78 Å². The first-order valence-electron chi connectivity index (χ1n) is 5.26. The molecule has 0 saturated heterocycles. The number of benzene rings is 1. The summed E-state index contributed by atoms with van der Waals surface area (Å²) in [5, 5.41) is 0. The van der Waals surface area contributed by atoms with Gasteiger partial charge in [-0.3, -0.25) is 4.79 Å². The number of ketones is 1. The molecule has 1 aromatic carbocycles. The highest BCUT2D eigenvalue weighted by Crippen LogP contribution is 2.16. The van der Waals surface area contributed by atoms with E-state index in [1.54, 1.807) is 0 Å². The lowest BCUT2D eigenvalue weighted by molar-refractivity contribution is 0.0982. The van der Waals surface area contributed by atoms with E-state index in [2.05, 4.69) is 6.58 Å². The van der Waals surface area contributed by atoms with Crippen molar-refractivity contribution in [3.63, 3.8) is 0 Å². The van der Waals surface area contributed by atoms with Crippen molar-refractivity contribution in [3.05, 3.63) is 47.0 Å². The van der Waals surface area contributed by atoms with Gasteiger partial charge in [0.15, 0.2) is 5.78 Å². The summed E-state index contributed by atoms with van der Waals surface area (Å²) >= 11 is 0. The van der Waals surface area contributed by atoms with Gasteiger partial charge in [0, 0.05) is 12.0 Å². The van der Waals surface area contributed by atoms with Crippen LogP contribution in [0.25, 0.3) is 0 Å². The summed E-state index contributed by atoms with van der Waals surface area (Å²) in [5.74, 6) is 0.221. The van der Waals surface area contributed by atoms with Gasteiger partial charge in [-0.25, -0.2) is 0 Å². The molecule has 0 saturated carbocycles. The van der Waals surface area contributed by atoms with E-state index < -0.39 is 0 Å². The zero-order valence-corrected chi connectivity index (χ0v) is 9.76. The number of carbonyl (C=O) groups excluding carboxylic acids is 1. The standard InChI is InChI=1S/C14H18O/c1-10(2)8-9-14(15)13-7-5-6-11(3)12(13)4/h5-7H,1,8-9H2,2-4H3. The van der Waals surface area contributed by atoms with Crippen molar-refractivity contribution in [2.75, 3.05) is 0 Å². The zero-order valence-electron chi connectivity index (χ0n) is 9.76. The average Bonchev–Trinajstić information content (AvgIpc) is 2.18. The molecule has 0 N–H and O–H groups in total. The molecular weight excluding hydrogens is 184 g/mol. The van der Waals surface area contributed by atoms with Gasteiger partial charge in [-0.2, -0.15) is 0 Å². The van der Waals surface area contributed by atoms with Crippen LogP contribution in [0.1, 0.15) is 41.3 Å². The minimum absolute atomic E-state index is 0.221. The minimum atomic E-state index is 0.221. The SMILES string of the molecule is C=C(C)CCC(=O)c1cccc(C)c1C. The second-order valence-corrected chi connectivity index (χ2v) is 4.13. The normalized spacial score (nSPS) is 10.1. The third-order valence-electron chi connectivity index (χ3n) is 2.68. The summed E-state index contributed by atoms with van der Waals surface area (Å²) in [7, 11) is 0. The molecular formula is C14H18O. The molecule has 0 bridgehead atoms. The quantitative estimate of drug-likeness (QED) is 0.535. The van der Waals surface area contributed by atoms with Crippen LogP contribution in [-0.4, -0.2) is 5.78 Å². The molecule has 0 unspecified atom stereocenters. The Bertz CT molecular complexity index is 388. The lowest BCUT2D eigenvalue weighted by Gasteiger charge is -2.07. The van der Waals surface area contributed by atoms with Crippen LogP contribution in [0.15, 0.2) is 30.4 Å². The lowest BCUT2D eigenvalue weighted by Crippen LogP contribution is -2.02. The number of carbonyl (C=O) groups is 1. The Balaban J connectivity index is 2.82. The number of rotatable bonds is 4. The van der Waals surface area contributed by atoms with E-state index in [0.717, 1.165) is 23.1 Å². The molecule has 0 atom stereocenters. The van der Waals surface area contributed by atoms with Crippen LogP contribution in [0.2, 0.25) is 0 Å². The van der Waals surface area contributed by atoms with E-state index in [4.69, 9.17) is 0 Å². The van der Waals surface area contributed by atoms with Gasteiger partial charge in [0.05, 0.1) is 0 Å². The van der Waals surface area contributed by atoms with E-state index in [1.165, 1.54) is 5.56 Å². The van der Waals surface area contributed by atoms with Crippen molar-refractivity contribution in [3.8, 4) is 0 Å². The van der Waals surface area contributed by atoms with E-state index in [1.807, 2.05) is 39.0 Å². The lowest BCUT2D eigenvalue weighted by atomic mass is 9.97. The minimum Gasteiger partial charge on any atom is -0.294 e. The molecule has 0 radical (unpaired) electrons.